The maximum absolute atomic E-state index is 12.4. The zero-order valence-electron chi connectivity index (χ0n) is 10.3. The number of ether oxygens (including phenoxy) is 2. The zero-order valence-corrected chi connectivity index (χ0v) is 11.8. The van der Waals surface area contributed by atoms with Gasteiger partial charge in [-0.1, -0.05) is 15.9 Å². The van der Waals surface area contributed by atoms with Gasteiger partial charge in [0.05, 0.1) is 12.2 Å². The van der Waals surface area contributed by atoms with E-state index in [0.717, 1.165) is 0 Å². The number of esters is 1. The molecule has 0 radical (unpaired) electrons. The zero-order chi connectivity index (χ0) is 15.3. The van der Waals surface area contributed by atoms with Gasteiger partial charge in [-0.15, -0.1) is 13.2 Å². The summed E-state index contributed by atoms with van der Waals surface area (Å²) >= 11 is 3.10. The van der Waals surface area contributed by atoms with Crippen molar-refractivity contribution < 1.29 is 27.4 Å². The van der Waals surface area contributed by atoms with E-state index in [-0.39, 0.29) is 17.5 Å². The van der Waals surface area contributed by atoms with Crippen molar-refractivity contribution in [2.75, 3.05) is 6.61 Å². The molecule has 1 aromatic rings. The largest absolute Gasteiger partial charge is 0.573 e. The van der Waals surface area contributed by atoms with Crippen molar-refractivity contribution in [3.05, 3.63) is 28.8 Å². The highest BCUT2D eigenvalue weighted by Crippen LogP contribution is 2.32. The first-order chi connectivity index (χ1) is 9.32. The van der Waals surface area contributed by atoms with Crippen LogP contribution in [0.15, 0.2) is 12.1 Å². The summed E-state index contributed by atoms with van der Waals surface area (Å²) < 4.78 is 45.6. The number of benzene rings is 1. The summed E-state index contributed by atoms with van der Waals surface area (Å²) in [5.74, 6) is -1.82. The van der Waals surface area contributed by atoms with E-state index < -0.39 is 23.6 Å². The highest BCUT2D eigenvalue weighted by Gasteiger charge is 2.35. The van der Waals surface area contributed by atoms with Gasteiger partial charge in [0.1, 0.15) is 11.6 Å². The van der Waals surface area contributed by atoms with Crippen LogP contribution in [0.2, 0.25) is 0 Å². The van der Waals surface area contributed by atoms with Gasteiger partial charge >= 0.3 is 12.3 Å². The van der Waals surface area contributed by atoms with Gasteiger partial charge in [-0.05, 0) is 24.6 Å². The van der Waals surface area contributed by atoms with Gasteiger partial charge in [0, 0.05) is 5.33 Å². The minimum absolute atomic E-state index is 0.00921. The lowest BCUT2D eigenvalue weighted by atomic mass is 10.1. The molecular formula is C12H9BrF3NO3. The maximum atomic E-state index is 12.4. The van der Waals surface area contributed by atoms with E-state index in [0.29, 0.717) is 5.56 Å². The molecule has 0 heterocycles. The normalized spacial score (nSPS) is 10.8. The number of rotatable bonds is 4. The third kappa shape index (κ3) is 4.13. The Kier molecular flexibility index (Phi) is 5.39. The van der Waals surface area contributed by atoms with Crippen LogP contribution in [0, 0.1) is 11.3 Å². The number of alkyl halides is 4. The molecule has 20 heavy (non-hydrogen) atoms. The second kappa shape index (κ2) is 6.61. The molecule has 1 rings (SSSR count). The molecule has 0 saturated carbocycles. The molecule has 108 valence electrons. The lowest BCUT2D eigenvalue weighted by Crippen LogP contribution is -2.20. The van der Waals surface area contributed by atoms with Crippen molar-refractivity contribution in [3.63, 3.8) is 0 Å². The minimum atomic E-state index is -5.01. The minimum Gasteiger partial charge on any atom is -0.462 e. The summed E-state index contributed by atoms with van der Waals surface area (Å²) in [5.41, 5.74) is -0.362. The summed E-state index contributed by atoms with van der Waals surface area (Å²) in [5, 5.41) is 9.17. The Balaban J connectivity index is 3.43. The molecule has 8 heteroatoms. The predicted molar refractivity (Wildman–Crippen MR) is 66.4 cm³/mol. The van der Waals surface area contributed by atoms with Crippen LogP contribution in [0.1, 0.15) is 28.4 Å². The SMILES string of the molecule is CCOC(=O)c1cc(CBr)cc(C#N)c1OC(F)(F)F. The molecule has 0 atom stereocenters. The van der Waals surface area contributed by atoms with E-state index in [4.69, 9.17) is 5.26 Å². The third-order valence-electron chi connectivity index (χ3n) is 2.14. The van der Waals surface area contributed by atoms with Crippen molar-refractivity contribution in [1.82, 2.24) is 0 Å². The van der Waals surface area contributed by atoms with E-state index in [1.165, 1.54) is 19.1 Å². The molecule has 1 aromatic carbocycles. The molecule has 0 saturated heterocycles. The highest BCUT2D eigenvalue weighted by atomic mass is 79.9. The van der Waals surface area contributed by atoms with E-state index in [1.54, 1.807) is 6.07 Å². The molecule has 4 nitrogen and oxygen atoms in total. The van der Waals surface area contributed by atoms with E-state index in [1.807, 2.05) is 0 Å². The summed E-state index contributed by atoms with van der Waals surface area (Å²) in [7, 11) is 0. The van der Waals surface area contributed by atoms with Crippen molar-refractivity contribution >= 4 is 21.9 Å². The van der Waals surface area contributed by atoms with Crippen molar-refractivity contribution in [2.45, 2.75) is 18.6 Å². The van der Waals surface area contributed by atoms with Gasteiger partial charge in [-0.2, -0.15) is 5.26 Å². The van der Waals surface area contributed by atoms with Gasteiger partial charge < -0.3 is 9.47 Å². The van der Waals surface area contributed by atoms with Crippen LogP contribution in [-0.2, 0) is 10.1 Å². The van der Waals surface area contributed by atoms with Crippen molar-refractivity contribution in [2.24, 2.45) is 0 Å². The molecule has 0 bridgehead atoms. The second-order valence-electron chi connectivity index (χ2n) is 3.53. The van der Waals surface area contributed by atoms with Crippen LogP contribution in [0.25, 0.3) is 0 Å². The molecule has 0 N–H and O–H groups in total. The van der Waals surface area contributed by atoms with Crippen LogP contribution in [-0.4, -0.2) is 18.9 Å². The Morgan fingerprint density at radius 2 is 2.10 bits per heavy atom. The molecule has 0 aliphatic rings. The van der Waals surface area contributed by atoms with E-state index in [2.05, 4.69) is 25.4 Å². The van der Waals surface area contributed by atoms with E-state index in [9.17, 15) is 18.0 Å². The number of halogens is 4. The molecule has 0 fully saturated rings. The molecular weight excluding hydrogens is 343 g/mol. The highest BCUT2D eigenvalue weighted by molar-refractivity contribution is 9.08. The molecule has 0 amide bonds. The first-order valence-corrected chi connectivity index (χ1v) is 6.50. The summed E-state index contributed by atoms with van der Waals surface area (Å²) in [6.45, 7) is 1.51. The Morgan fingerprint density at radius 3 is 2.55 bits per heavy atom. The smallest absolute Gasteiger partial charge is 0.462 e. The number of hydrogen-bond donors (Lipinski definition) is 0. The van der Waals surface area contributed by atoms with Gasteiger partial charge in [-0.25, -0.2) is 4.79 Å². The molecule has 0 unspecified atom stereocenters. The summed E-state index contributed by atoms with van der Waals surface area (Å²) in [6.07, 6.45) is -5.01. The number of nitrogens with zero attached hydrogens (tertiary/aromatic N) is 1. The topological polar surface area (TPSA) is 59.3 Å². The van der Waals surface area contributed by atoms with Crippen molar-refractivity contribution in [1.29, 1.82) is 5.26 Å². The fourth-order valence-electron chi connectivity index (χ4n) is 1.43. The molecule has 0 aliphatic carbocycles. The van der Waals surface area contributed by atoms with E-state index >= 15 is 0 Å². The first kappa shape index (κ1) is 16.3. The van der Waals surface area contributed by atoms with Crippen LogP contribution in [0.4, 0.5) is 13.2 Å². The number of carbonyl (C=O) groups is 1. The average molecular weight is 352 g/mol. The lowest BCUT2D eigenvalue weighted by molar-refractivity contribution is -0.274. The monoisotopic (exact) mass is 351 g/mol. The summed E-state index contributed by atoms with van der Waals surface area (Å²) in [6, 6.07) is 3.97. The average Bonchev–Trinajstić information content (AvgIpc) is 2.37. The van der Waals surface area contributed by atoms with Gasteiger partial charge in [0.15, 0.2) is 5.75 Å². The lowest BCUT2D eigenvalue weighted by Gasteiger charge is -2.15. The Bertz CT molecular complexity index is 552. The predicted octanol–water partition coefficient (Wildman–Crippen LogP) is 3.53. The van der Waals surface area contributed by atoms with Crippen LogP contribution in [0.3, 0.4) is 0 Å². The van der Waals surface area contributed by atoms with Gasteiger partial charge in [-0.3, -0.25) is 0 Å². The number of nitriles is 1. The van der Waals surface area contributed by atoms with Gasteiger partial charge in [0.25, 0.3) is 0 Å². The quantitative estimate of drug-likeness (QED) is 0.615. The first-order valence-electron chi connectivity index (χ1n) is 5.38. The van der Waals surface area contributed by atoms with Crippen LogP contribution in [0.5, 0.6) is 5.75 Å². The molecule has 0 spiro atoms. The van der Waals surface area contributed by atoms with Crippen LogP contribution >= 0.6 is 15.9 Å². The fourth-order valence-corrected chi connectivity index (χ4v) is 1.76. The standard InChI is InChI=1S/C12H9BrF3NO3/c1-2-19-11(18)9-4-7(5-13)3-8(6-17)10(9)20-12(14,15)16/h3-4H,2,5H2,1H3. The molecule has 0 aliphatic heterocycles. The number of carbonyl (C=O) groups excluding carboxylic acids is 1. The fraction of sp³-hybridized carbons (Fsp3) is 0.333. The maximum Gasteiger partial charge on any atom is 0.573 e. The third-order valence-corrected chi connectivity index (χ3v) is 2.78. The summed E-state index contributed by atoms with van der Waals surface area (Å²) in [4.78, 5) is 11.7. The second-order valence-corrected chi connectivity index (χ2v) is 4.09. The number of hydrogen-bond acceptors (Lipinski definition) is 4. The van der Waals surface area contributed by atoms with Crippen LogP contribution < -0.4 is 4.74 Å². The molecule has 0 aromatic heterocycles. The Hall–Kier alpha value is -1.75. The Morgan fingerprint density at radius 1 is 1.45 bits per heavy atom. The Labute approximate surface area is 121 Å². The van der Waals surface area contributed by atoms with Gasteiger partial charge in [0.2, 0.25) is 0 Å². The van der Waals surface area contributed by atoms with Crippen molar-refractivity contribution in [3.8, 4) is 11.8 Å².